The van der Waals surface area contributed by atoms with Crippen LogP contribution in [0.5, 0.6) is 0 Å². The Hall–Kier alpha value is -2.74. The van der Waals surface area contributed by atoms with Crippen molar-refractivity contribution in [2.45, 2.75) is 11.8 Å². The van der Waals surface area contributed by atoms with Crippen molar-refractivity contribution in [3.63, 3.8) is 0 Å². The molecule has 0 aliphatic heterocycles. The van der Waals surface area contributed by atoms with Crippen molar-refractivity contribution < 1.29 is 9.59 Å². The van der Waals surface area contributed by atoms with Crippen molar-refractivity contribution in [3.8, 4) is 0 Å². The van der Waals surface area contributed by atoms with Crippen molar-refractivity contribution in [1.29, 1.82) is 0 Å². The van der Waals surface area contributed by atoms with Crippen molar-refractivity contribution in [2.24, 2.45) is 0 Å². The van der Waals surface area contributed by atoms with E-state index in [4.69, 9.17) is 0 Å². The highest BCUT2D eigenvalue weighted by atomic mass is 16.1. The van der Waals surface area contributed by atoms with E-state index in [1.807, 2.05) is 60.7 Å². The van der Waals surface area contributed by atoms with Crippen LogP contribution in [0.25, 0.3) is 10.8 Å². The molecular formula is C20H14O2. The van der Waals surface area contributed by atoms with E-state index in [0.29, 0.717) is 0 Å². The molecule has 0 amide bonds. The average molecular weight is 286 g/mol. The van der Waals surface area contributed by atoms with Crippen LogP contribution in [0, 0.1) is 0 Å². The lowest BCUT2D eigenvalue weighted by Crippen LogP contribution is -2.20. The van der Waals surface area contributed by atoms with Gasteiger partial charge in [0.05, 0.1) is 11.8 Å². The molecule has 106 valence electrons. The number of carbonyl (C=O) groups is 2. The molecule has 2 heteroatoms. The van der Waals surface area contributed by atoms with Gasteiger partial charge in [-0.3, -0.25) is 0 Å². The van der Waals surface area contributed by atoms with E-state index in [-0.39, 0.29) is 11.8 Å². The maximum absolute atomic E-state index is 11.8. The Bertz CT molecular complexity index is 895. The fourth-order valence-electron chi connectivity index (χ4n) is 3.62. The molecule has 0 N–H and O–H groups in total. The fraction of sp³-hybridized carbons (Fsp3) is 0.100. The predicted molar refractivity (Wildman–Crippen MR) is 86.2 cm³/mol. The first-order valence-corrected chi connectivity index (χ1v) is 7.36. The van der Waals surface area contributed by atoms with Gasteiger partial charge < -0.3 is 9.59 Å². The summed E-state index contributed by atoms with van der Waals surface area (Å²) in [6.07, 6.45) is 1.97. The first kappa shape index (κ1) is 13.0. The lowest BCUT2D eigenvalue weighted by Gasteiger charge is -2.30. The van der Waals surface area contributed by atoms with Crippen LogP contribution in [0.2, 0.25) is 0 Å². The van der Waals surface area contributed by atoms with Crippen LogP contribution in [0.4, 0.5) is 0 Å². The summed E-state index contributed by atoms with van der Waals surface area (Å²) in [6, 6.07) is 19.8. The van der Waals surface area contributed by atoms with Gasteiger partial charge in [-0.05, 0) is 33.0 Å². The Morgan fingerprint density at radius 1 is 0.636 bits per heavy atom. The lowest BCUT2D eigenvalue weighted by atomic mass is 9.72. The van der Waals surface area contributed by atoms with Gasteiger partial charge in [-0.15, -0.1) is 0 Å². The number of benzene rings is 3. The minimum Gasteiger partial charge on any atom is -0.302 e. The maximum atomic E-state index is 11.8. The highest BCUT2D eigenvalue weighted by molar-refractivity contribution is 5.94. The highest BCUT2D eigenvalue weighted by Gasteiger charge is 2.32. The van der Waals surface area contributed by atoms with E-state index in [9.17, 15) is 9.59 Å². The number of hydrogen-bond acceptors (Lipinski definition) is 2. The molecule has 3 aromatic carbocycles. The van der Waals surface area contributed by atoms with Crippen LogP contribution in [0.3, 0.4) is 0 Å². The molecule has 0 saturated carbocycles. The van der Waals surface area contributed by atoms with Crippen molar-refractivity contribution in [1.82, 2.24) is 0 Å². The third-order valence-corrected chi connectivity index (χ3v) is 4.59. The molecule has 0 bridgehead atoms. The Labute approximate surface area is 128 Å². The summed E-state index contributed by atoms with van der Waals surface area (Å²) in [6.45, 7) is 0. The monoisotopic (exact) mass is 286 g/mol. The predicted octanol–water partition coefficient (Wildman–Crippen LogP) is 3.81. The number of carbonyl (C=O) groups excluding carboxylic acids is 2. The summed E-state index contributed by atoms with van der Waals surface area (Å²) in [5.74, 6) is -0.611. The quantitative estimate of drug-likeness (QED) is 0.671. The maximum Gasteiger partial charge on any atom is 0.131 e. The van der Waals surface area contributed by atoms with Gasteiger partial charge in [-0.25, -0.2) is 0 Å². The zero-order valence-corrected chi connectivity index (χ0v) is 11.9. The Balaban J connectivity index is 2.13. The second kappa shape index (κ2) is 4.92. The molecule has 2 atom stereocenters. The molecule has 0 aromatic heterocycles. The van der Waals surface area contributed by atoms with Crippen LogP contribution in [0.1, 0.15) is 34.1 Å². The molecular weight excluding hydrogens is 272 g/mol. The largest absolute Gasteiger partial charge is 0.302 e. The van der Waals surface area contributed by atoms with Crippen LogP contribution in [0.15, 0.2) is 60.7 Å². The van der Waals surface area contributed by atoms with E-state index < -0.39 is 0 Å². The summed E-state index contributed by atoms with van der Waals surface area (Å²) in [4.78, 5) is 23.6. The van der Waals surface area contributed by atoms with E-state index in [2.05, 4.69) is 0 Å². The van der Waals surface area contributed by atoms with Gasteiger partial charge in [0.15, 0.2) is 0 Å². The van der Waals surface area contributed by atoms with Gasteiger partial charge in [-0.2, -0.15) is 0 Å². The number of rotatable bonds is 2. The zero-order valence-electron chi connectivity index (χ0n) is 11.9. The number of aldehydes is 2. The highest BCUT2D eigenvalue weighted by Crippen LogP contribution is 2.44. The Morgan fingerprint density at radius 3 is 2.00 bits per heavy atom. The topological polar surface area (TPSA) is 34.1 Å². The second-order valence-electron chi connectivity index (χ2n) is 5.65. The SMILES string of the molecule is O=CC1c2ccccc2C(C=O)c2c1ccc1ccccc21. The average Bonchev–Trinajstić information content (AvgIpc) is 2.59. The summed E-state index contributed by atoms with van der Waals surface area (Å²) < 4.78 is 0. The fourth-order valence-corrected chi connectivity index (χ4v) is 3.62. The molecule has 0 fully saturated rings. The lowest BCUT2D eigenvalue weighted by molar-refractivity contribution is -0.109. The third kappa shape index (κ3) is 1.67. The summed E-state index contributed by atoms with van der Waals surface area (Å²) in [5, 5.41) is 2.15. The summed E-state index contributed by atoms with van der Waals surface area (Å²) in [7, 11) is 0. The summed E-state index contributed by atoms with van der Waals surface area (Å²) in [5.41, 5.74) is 3.81. The van der Waals surface area contributed by atoms with Crippen LogP contribution >= 0.6 is 0 Å². The van der Waals surface area contributed by atoms with Gasteiger partial charge in [0.1, 0.15) is 12.6 Å². The van der Waals surface area contributed by atoms with E-state index >= 15 is 0 Å². The van der Waals surface area contributed by atoms with Gasteiger partial charge in [0.25, 0.3) is 0 Å². The van der Waals surface area contributed by atoms with Crippen LogP contribution < -0.4 is 0 Å². The summed E-state index contributed by atoms with van der Waals surface area (Å²) >= 11 is 0. The van der Waals surface area contributed by atoms with Gasteiger partial charge in [-0.1, -0.05) is 60.7 Å². The molecule has 0 saturated heterocycles. The zero-order chi connectivity index (χ0) is 15.1. The molecule has 1 aliphatic carbocycles. The van der Waals surface area contributed by atoms with Crippen molar-refractivity contribution >= 4 is 23.3 Å². The Kier molecular flexibility index (Phi) is 2.90. The first-order chi connectivity index (χ1) is 10.8. The smallest absolute Gasteiger partial charge is 0.131 e. The van der Waals surface area contributed by atoms with E-state index in [1.54, 1.807) is 0 Å². The van der Waals surface area contributed by atoms with Crippen LogP contribution in [-0.4, -0.2) is 12.6 Å². The van der Waals surface area contributed by atoms with Gasteiger partial charge >= 0.3 is 0 Å². The normalized spacial score (nSPS) is 19.3. The van der Waals surface area contributed by atoms with Crippen molar-refractivity contribution in [3.05, 3.63) is 82.9 Å². The molecule has 3 aromatic rings. The van der Waals surface area contributed by atoms with E-state index in [0.717, 1.165) is 45.6 Å². The molecule has 4 rings (SSSR count). The standard InChI is InChI=1S/C20H14O2/c21-11-18-15-7-3-4-8-16(15)19(12-22)20-14-6-2-1-5-13(14)9-10-17(18)20/h1-12,18-19H. The molecule has 22 heavy (non-hydrogen) atoms. The van der Waals surface area contributed by atoms with E-state index in [1.165, 1.54) is 0 Å². The third-order valence-electron chi connectivity index (χ3n) is 4.59. The molecule has 2 unspecified atom stereocenters. The minimum absolute atomic E-state index is 0.299. The minimum atomic E-state index is -0.312. The molecule has 2 nitrogen and oxygen atoms in total. The molecule has 0 spiro atoms. The molecule has 1 aliphatic rings. The Morgan fingerprint density at radius 2 is 1.27 bits per heavy atom. The second-order valence-corrected chi connectivity index (χ2v) is 5.65. The van der Waals surface area contributed by atoms with Gasteiger partial charge in [0.2, 0.25) is 0 Å². The first-order valence-electron chi connectivity index (χ1n) is 7.36. The number of fused-ring (bicyclic) bond motifs is 4. The molecule has 0 heterocycles. The molecule has 0 radical (unpaired) electrons. The van der Waals surface area contributed by atoms with Crippen LogP contribution in [-0.2, 0) is 9.59 Å². The van der Waals surface area contributed by atoms with Crippen molar-refractivity contribution in [2.75, 3.05) is 0 Å². The van der Waals surface area contributed by atoms with Gasteiger partial charge in [0, 0.05) is 0 Å². The number of hydrogen-bond donors (Lipinski definition) is 0.